The number of hydrogen-bond acceptors (Lipinski definition) is 0. The number of hydrogen-bond donors (Lipinski definition) is 0. The van der Waals surface area contributed by atoms with Gasteiger partial charge < -0.3 is 0 Å². The summed E-state index contributed by atoms with van der Waals surface area (Å²) in [4.78, 5) is 1.28. The molecule has 0 radical (unpaired) electrons. The zero-order valence-electron chi connectivity index (χ0n) is 8.68. The number of allylic oxidation sites excluding steroid dienone is 2. The molecular weight excluding hydrogens is 328 g/mol. The van der Waals surface area contributed by atoms with Crippen molar-refractivity contribution in [2.24, 2.45) is 11.8 Å². The van der Waals surface area contributed by atoms with Crippen LogP contribution < -0.4 is 0 Å². The lowest BCUT2D eigenvalue weighted by Gasteiger charge is -2.58. The van der Waals surface area contributed by atoms with Gasteiger partial charge in [0, 0.05) is 21.5 Å². The highest BCUT2D eigenvalue weighted by Crippen LogP contribution is 2.63. The molecule has 0 heterocycles. The molecular formula is C14H12Br2. The van der Waals surface area contributed by atoms with Crippen LogP contribution in [0.2, 0.25) is 0 Å². The number of halogens is 2. The van der Waals surface area contributed by atoms with Crippen LogP contribution in [0.1, 0.15) is 23.0 Å². The first kappa shape index (κ1) is 9.90. The maximum Gasteiger partial charge on any atom is 0.0314 e. The molecule has 2 bridgehead atoms. The van der Waals surface area contributed by atoms with Crippen molar-refractivity contribution in [2.75, 3.05) is 0 Å². The smallest absolute Gasteiger partial charge is 0.0314 e. The molecule has 2 heteroatoms. The van der Waals surface area contributed by atoms with Crippen molar-refractivity contribution in [3.8, 4) is 0 Å². The Balaban J connectivity index is 1.90. The Labute approximate surface area is 112 Å². The topological polar surface area (TPSA) is 0 Å². The number of alkyl halides is 2. The van der Waals surface area contributed by atoms with Crippen LogP contribution in [0, 0.1) is 11.8 Å². The largest absolute Gasteiger partial charge is 0.0875 e. The van der Waals surface area contributed by atoms with Crippen molar-refractivity contribution in [1.82, 2.24) is 0 Å². The molecule has 0 N–H and O–H groups in total. The normalized spacial score (nSPS) is 47.1. The molecule has 6 atom stereocenters. The molecule has 0 spiro atoms. The molecule has 1 fully saturated rings. The van der Waals surface area contributed by atoms with Gasteiger partial charge in [-0.1, -0.05) is 68.3 Å². The minimum absolute atomic E-state index is 0.642. The van der Waals surface area contributed by atoms with Crippen molar-refractivity contribution in [1.29, 1.82) is 0 Å². The molecule has 16 heavy (non-hydrogen) atoms. The standard InChI is InChI=1S/C14H12Br2/c15-13-11-9-5-6-10(12(11)14(13)16)8-4-2-1-3-7(8)9/h1-6,9-14H/t9-,10+,11-,12-,13-,14+/m1/s1. The first-order valence-corrected chi connectivity index (χ1v) is 7.67. The number of benzene rings is 1. The highest BCUT2D eigenvalue weighted by Gasteiger charge is 2.58. The summed E-state index contributed by atoms with van der Waals surface area (Å²) in [7, 11) is 0. The lowest BCUT2D eigenvalue weighted by atomic mass is 9.51. The second kappa shape index (κ2) is 3.23. The number of rotatable bonds is 0. The highest BCUT2D eigenvalue weighted by atomic mass is 79.9. The molecule has 4 aliphatic rings. The predicted molar refractivity (Wildman–Crippen MR) is 73.5 cm³/mol. The average Bonchev–Trinajstić information content (AvgIpc) is 2.37. The maximum atomic E-state index is 3.84. The van der Waals surface area contributed by atoms with Crippen LogP contribution in [-0.2, 0) is 0 Å². The van der Waals surface area contributed by atoms with Crippen molar-refractivity contribution < 1.29 is 0 Å². The van der Waals surface area contributed by atoms with E-state index in [9.17, 15) is 0 Å². The molecule has 4 aliphatic carbocycles. The lowest BCUT2D eigenvalue weighted by Crippen LogP contribution is -2.57. The first-order valence-electron chi connectivity index (χ1n) is 5.84. The monoisotopic (exact) mass is 338 g/mol. The van der Waals surface area contributed by atoms with Crippen molar-refractivity contribution in [3.05, 3.63) is 47.5 Å². The van der Waals surface area contributed by atoms with Gasteiger partial charge in [0.25, 0.3) is 0 Å². The third kappa shape index (κ3) is 1.01. The Morgan fingerprint density at radius 1 is 0.750 bits per heavy atom. The van der Waals surface area contributed by atoms with E-state index in [1.807, 2.05) is 0 Å². The fraction of sp³-hybridized carbons (Fsp3) is 0.429. The van der Waals surface area contributed by atoms with Crippen molar-refractivity contribution in [2.45, 2.75) is 21.5 Å². The molecule has 1 saturated carbocycles. The summed E-state index contributed by atoms with van der Waals surface area (Å²) in [5.74, 6) is 2.89. The quantitative estimate of drug-likeness (QED) is 0.490. The van der Waals surface area contributed by atoms with Crippen molar-refractivity contribution in [3.63, 3.8) is 0 Å². The van der Waals surface area contributed by atoms with Gasteiger partial charge in [-0.2, -0.15) is 0 Å². The van der Waals surface area contributed by atoms with Crippen molar-refractivity contribution >= 4 is 31.9 Å². The fourth-order valence-corrected chi connectivity index (χ4v) is 5.88. The van der Waals surface area contributed by atoms with Crippen LogP contribution in [0.25, 0.3) is 0 Å². The molecule has 5 rings (SSSR count). The molecule has 0 nitrogen and oxygen atoms in total. The zero-order chi connectivity index (χ0) is 10.9. The van der Waals surface area contributed by atoms with Gasteiger partial charge in [0.05, 0.1) is 0 Å². The summed E-state index contributed by atoms with van der Waals surface area (Å²) in [5.41, 5.74) is 3.14. The van der Waals surface area contributed by atoms with Crippen LogP contribution >= 0.6 is 31.9 Å². The molecule has 0 saturated heterocycles. The van der Waals surface area contributed by atoms with Gasteiger partial charge in [0.2, 0.25) is 0 Å². The second-order valence-electron chi connectivity index (χ2n) is 5.11. The Bertz CT molecular complexity index is 436. The molecule has 1 aromatic carbocycles. The van der Waals surface area contributed by atoms with Crippen LogP contribution in [-0.4, -0.2) is 9.65 Å². The van der Waals surface area contributed by atoms with E-state index in [1.165, 1.54) is 0 Å². The molecule has 1 aromatic rings. The SMILES string of the molecule is Br[C@@H]1[C@H](Br)[C@H]2[C@H]1[C@H]1C=C[C@@H]2c2ccccc21. The highest BCUT2D eigenvalue weighted by molar-refractivity contribution is 9.12. The van der Waals surface area contributed by atoms with Gasteiger partial charge in [-0.15, -0.1) is 0 Å². The maximum absolute atomic E-state index is 3.84. The van der Waals surface area contributed by atoms with Gasteiger partial charge >= 0.3 is 0 Å². The Morgan fingerprint density at radius 2 is 1.19 bits per heavy atom. The van der Waals surface area contributed by atoms with Crippen LogP contribution in [0.15, 0.2) is 36.4 Å². The summed E-state index contributed by atoms with van der Waals surface area (Å²) in [6.07, 6.45) is 4.86. The van der Waals surface area contributed by atoms with Gasteiger partial charge in [0.15, 0.2) is 0 Å². The molecule has 0 unspecified atom stereocenters. The summed E-state index contributed by atoms with van der Waals surface area (Å²) in [5, 5.41) is 0. The van der Waals surface area contributed by atoms with E-state index in [1.54, 1.807) is 11.1 Å². The van der Waals surface area contributed by atoms with E-state index >= 15 is 0 Å². The molecule has 82 valence electrons. The van der Waals surface area contributed by atoms with E-state index in [0.29, 0.717) is 21.5 Å². The summed E-state index contributed by atoms with van der Waals surface area (Å²) >= 11 is 7.68. The minimum Gasteiger partial charge on any atom is -0.0875 e. The zero-order valence-corrected chi connectivity index (χ0v) is 11.9. The molecule has 0 aromatic heterocycles. The van der Waals surface area contributed by atoms with E-state index < -0.39 is 0 Å². The minimum atomic E-state index is 0.642. The van der Waals surface area contributed by atoms with Gasteiger partial charge in [-0.3, -0.25) is 0 Å². The second-order valence-corrected chi connectivity index (χ2v) is 7.22. The fourth-order valence-electron chi connectivity index (χ4n) is 3.81. The summed E-state index contributed by atoms with van der Waals surface area (Å²) in [6.45, 7) is 0. The third-order valence-corrected chi connectivity index (χ3v) is 7.62. The van der Waals surface area contributed by atoms with Gasteiger partial charge in [-0.05, 0) is 23.0 Å². The predicted octanol–water partition coefficient (Wildman–Crippen LogP) is 4.21. The van der Waals surface area contributed by atoms with E-state index in [0.717, 1.165) is 11.8 Å². The van der Waals surface area contributed by atoms with Crippen LogP contribution in [0.4, 0.5) is 0 Å². The molecule has 0 amide bonds. The third-order valence-electron chi connectivity index (χ3n) is 4.55. The Kier molecular flexibility index (Phi) is 2.00. The van der Waals surface area contributed by atoms with E-state index in [4.69, 9.17) is 0 Å². The Hall–Kier alpha value is -0.0800. The van der Waals surface area contributed by atoms with Crippen LogP contribution in [0.5, 0.6) is 0 Å². The average molecular weight is 340 g/mol. The van der Waals surface area contributed by atoms with E-state index in [-0.39, 0.29) is 0 Å². The first-order chi connectivity index (χ1) is 7.79. The molecule has 0 aliphatic heterocycles. The van der Waals surface area contributed by atoms with Gasteiger partial charge in [-0.25, -0.2) is 0 Å². The van der Waals surface area contributed by atoms with Crippen LogP contribution in [0.3, 0.4) is 0 Å². The lowest BCUT2D eigenvalue weighted by molar-refractivity contribution is 0.144. The summed E-state index contributed by atoms with van der Waals surface area (Å²) in [6, 6.07) is 8.98. The Morgan fingerprint density at radius 3 is 1.62 bits per heavy atom. The van der Waals surface area contributed by atoms with E-state index in [2.05, 4.69) is 68.3 Å². The van der Waals surface area contributed by atoms with Gasteiger partial charge in [0.1, 0.15) is 0 Å². The summed E-state index contributed by atoms with van der Waals surface area (Å²) < 4.78 is 0.